The molecule has 1 aliphatic heterocycles. The van der Waals surface area contributed by atoms with Gasteiger partial charge in [-0.05, 0) is 70.8 Å². The molecule has 4 aromatic rings. The highest BCUT2D eigenvalue weighted by atomic mass is 16.2. The van der Waals surface area contributed by atoms with Crippen LogP contribution in [-0.4, -0.2) is 79.0 Å². The Kier molecular flexibility index (Phi) is 5.64. The number of likely N-dealkylation sites (tertiary alicyclic amines) is 1. The highest BCUT2D eigenvalue weighted by Crippen LogP contribution is 2.28. The summed E-state index contributed by atoms with van der Waals surface area (Å²) in [5.41, 5.74) is 4.34. The molecule has 1 N–H and O–H groups in total. The third-order valence-electron chi connectivity index (χ3n) is 7.61. The first-order chi connectivity index (χ1) is 17.1. The molecule has 1 saturated carbocycles. The van der Waals surface area contributed by atoms with E-state index in [2.05, 4.69) is 40.3 Å². The predicted molar refractivity (Wildman–Crippen MR) is 136 cm³/mol. The highest BCUT2D eigenvalue weighted by Gasteiger charge is 2.24. The van der Waals surface area contributed by atoms with Gasteiger partial charge in [0.25, 0.3) is 5.91 Å². The van der Waals surface area contributed by atoms with Crippen LogP contribution in [0.4, 0.5) is 5.95 Å². The molecule has 0 unspecified atom stereocenters. The molecule has 6 rings (SSSR count). The third kappa shape index (κ3) is 4.14. The van der Waals surface area contributed by atoms with E-state index in [-0.39, 0.29) is 5.91 Å². The summed E-state index contributed by atoms with van der Waals surface area (Å²) < 4.78 is 3.78. The van der Waals surface area contributed by atoms with Crippen molar-refractivity contribution >= 4 is 23.0 Å². The number of carbonyl (C=O) groups excluding carboxylic acids is 1. The number of hydrogen-bond acceptors (Lipinski definition) is 6. The normalized spacial score (nSPS) is 20.8. The fourth-order valence-corrected chi connectivity index (χ4v) is 5.51. The van der Waals surface area contributed by atoms with Gasteiger partial charge in [0, 0.05) is 48.7 Å². The minimum absolute atomic E-state index is 0.0487. The molecular formula is C26H32N8O. The summed E-state index contributed by atoms with van der Waals surface area (Å²) in [4.78, 5) is 26.3. The van der Waals surface area contributed by atoms with Crippen molar-refractivity contribution in [2.24, 2.45) is 0 Å². The molecule has 5 heterocycles. The van der Waals surface area contributed by atoms with E-state index in [9.17, 15) is 4.79 Å². The highest BCUT2D eigenvalue weighted by molar-refractivity contribution is 5.93. The zero-order chi connectivity index (χ0) is 23.9. The van der Waals surface area contributed by atoms with Gasteiger partial charge in [-0.2, -0.15) is 0 Å². The molecule has 0 radical (unpaired) electrons. The van der Waals surface area contributed by atoms with E-state index < -0.39 is 0 Å². The molecule has 0 spiro atoms. The van der Waals surface area contributed by atoms with Crippen LogP contribution in [0, 0.1) is 0 Å². The van der Waals surface area contributed by atoms with Crippen LogP contribution in [-0.2, 0) is 0 Å². The number of fused-ring (bicyclic) bond motifs is 2. The van der Waals surface area contributed by atoms with Crippen molar-refractivity contribution in [3.8, 4) is 11.1 Å². The van der Waals surface area contributed by atoms with Crippen molar-refractivity contribution in [2.45, 2.75) is 50.6 Å². The standard InChI is InChI=1S/C26H32N8O/c1-31(2)20-8-6-19(7-9-20)29-26-28-15-22-21(11-14-34(22)30-26)18-5-10-24-27-16-23(33(24)17-18)25(35)32-12-3-4-13-32/h5,10-11,14-17,19-20H,3-4,6-9,12-13H2,1-2H3,(H,29,30)/t19-,20+. The number of amides is 1. The largest absolute Gasteiger partial charge is 0.350 e. The van der Waals surface area contributed by atoms with Crippen LogP contribution in [0.15, 0.2) is 43.0 Å². The van der Waals surface area contributed by atoms with Crippen molar-refractivity contribution in [2.75, 3.05) is 32.5 Å². The summed E-state index contributed by atoms with van der Waals surface area (Å²) in [6.45, 7) is 1.64. The van der Waals surface area contributed by atoms with E-state index in [0.717, 1.165) is 61.1 Å². The number of pyridine rings is 1. The average Bonchev–Trinajstić information content (AvgIpc) is 3.63. The summed E-state index contributed by atoms with van der Waals surface area (Å²) in [6.07, 6.45) is 14.3. The molecule has 9 heteroatoms. The lowest BCUT2D eigenvalue weighted by molar-refractivity contribution is 0.0786. The van der Waals surface area contributed by atoms with E-state index >= 15 is 0 Å². The van der Waals surface area contributed by atoms with E-state index in [4.69, 9.17) is 5.10 Å². The second-order valence-corrected chi connectivity index (χ2v) is 10.0. The van der Waals surface area contributed by atoms with Gasteiger partial charge in [-0.3, -0.25) is 9.20 Å². The van der Waals surface area contributed by atoms with Gasteiger partial charge in [0.2, 0.25) is 5.95 Å². The lowest BCUT2D eigenvalue weighted by Crippen LogP contribution is -2.36. The van der Waals surface area contributed by atoms with Crippen LogP contribution in [0.5, 0.6) is 0 Å². The minimum atomic E-state index is 0.0487. The minimum Gasteiger partial charge on any atom is -0.350 e. The second-order valence-electron chi connectivity index (χ2n) is 10.0. The first-order valence-electron chi connectivity index (χ1n) is 12.6. The Balaban J connectivity index is 1.24. The van der Waals surface area contributed by atoms with Crippen molar-refractivity contribution in [3.63, 3.8) is 0 Å². The fraction of sp³-hybridized carbons (Fsp3) is 0.462. The number of hydrogen-bond donors (Lipinski definition) is 1. The van der Waals surface area contributed by atoms with Gasteiger partial charge in [0.05, 0.1) is 17.9 Å². The molecule has 0 bridgehead atoms. The smallest absolute Gasteiger partial charge is 0.272 e. The molecule has 0 aromatic carbocycles. The molecule has 4 aromatic heterocycles. The van der Waals surface area contributed by atoms with Crippen molar-refractivity contribution in [1.29, 1.82) is 0 Å². The molecule has 1 amide bonds. The van der Waals surface area contributed by atoms with E-state index in [1.54, 1.807) is 6.20 Å². The Bertz CT molecular complexity index is 1360. The zero-order valence-electron chi connectivity index (χ0n) is 20.4. The van der Waals surface area contributed by atoms with Gasteiger partial charge in [-0.1, -0.05) is 0 Å². The van der Waals surface area contributed by atoms with Crippen LogP contribution < -0.4 is 5.32 Å². The molecule has 182 valence electrons. The van der Waals surface area contributed by atoms with Gasteiger partial charge in [-0.15, -0.1) is 5.10 Å². The molecule has 1 aliphatic carbocycles. The van der Waals surface area contributed by atoms with Crippen molar-refractivity contribution in [1.82, 2.24) is 33.8 Å². The number of nitrogens with one attached hydrogen (secondary N) is 1. The topological polar surface area (TPSA) is 83.1 Å². The van der Waals surface area contributed by atoms with Crippen LogP contribution in [0.2, 0.25) is 0 Å². The Morgan fingerprint density at radius 1 is 1.03 bits per heavy atom. The summed E-state index contributed by atoms with van der Waals surface area (Å²) in [6, 6.07) is 7.13. The number of anilines is 1. The average molecular weight is 473 g/mol. The van der Waals surface area contributed by atoms with Crippen LogP contribution in [0.1, 0.15) is 49.0 Å². The quantitative estimate of drug-likeness (QED) is 0.478. The maximum atomic E-state index is 13.0. The van der Waals surface area contributed by atoms with E-state index in [0.29, 0.717) is 23.7 Å². The summed E-state index contributed by atoms with van der Waals surface area (Å²) in [5, 5.41) is 8.26. The van der Waals surface area contributed by atoms with Gasteiger partial charge in [0.15, 0.2) is 0 Å². The third-order valence-corrected chi connectivity index (χ3v) is 7.61. The van der Waals surface area contributed by atoms with Gasteiger partial charge in [-0.25, -0.2) is 14.5 Å². The molecule has 9 nitrogen and oxygen atoms in total. The summed E-state index contributed by atoms with van der Waals surface area (Å²) >= 11 is 0. The van der Waals surface area contributed by atoms with Gasteiger partial charge < -0.3 is 15.1 Å². The number of imidazole rings is 1. The first kappa shape index (κ1) is 22.0. The molecular weight excluding hydrogens is 440 g/mol. The lowest BCUT2D eigenvalue weighted by Gasteiger charge is -2.32. The van der Waals surface area contributed by atoms with Crippen molar-refractivity contribution < 1.29 is 4.79 Å². The predicted octanol–water partition coefficient (Wildman–Crippen LogP) is 3.56. The maximum absolute atomic E-state index is 13.0. The monoisotopic (exact) mass is 472 g/mol. The molecule has 2 aliphatic rings. The Morgan fingerprint density at radius 3 is 2.60 bits per heavy atom. The van der Waals surface area contributed by atoms with Crippen LogP contribution in [0.25, 0.3) is 22.3 Å². The summed E-state index contributed by atoms with van der Waals surface area (Å²) in [7, 11) is 4.33. The van der Waals surface area contributed by atoms with Crippen LogP contribution in [0.3, 0.4) is 0 Å². The second kappa shape index (κ2) is 8.96. The van der Waals surface area contributed by atoms with Gasteiger partial charge in [0.1, 0.15) is 11.3 Å². The molecule has 0 atom stereocenters. The van der Waals surface area contributed by atoms with Crippen molar-refractivity contribution in [3.05, 3.63) is 48.7 Å². The lowest BCUT2D eigenvalue weighted by atomic mass is 9.91. The maximum Gasteiger partial charge on any atom is 0.272 e. The number of rotatable bonds is 5. The fourth-order valence-electron chi connectivity index (χ4n) is 5.51. The Hall–Kier alpha value is -3.46. The van der Waals surface area contributed by atoms with E-state index in [1.807, 2.05) is 44.5 Å². The number of carbonyl (C=O) groups is 1. The van der Waals surface area contributed by atoms with Crippen LogP contribution >= 0.6 is 0 Å². The number of nitrogens with zero attached hydrogens (tertiary/aromatic N) is 7. The molecule has 2 fully saturated rings. The van der Waals surface area contributed by atoms with Gasteiger partial charge >= 0.3 is 0 Å². The summed E-state index contributed by atoms with van der Waals surface area (Å²) in [5.74, 6) is 0.712. The first-order valence-corrected chi connectivity index (χ1v) is 12.6. The molecule has 1 saturated heterocycles. The Morgan fingerprint density at radius 2 is 1.83 bits per heavy atom. The number of aromatic nitrogens is 5. The van der Waals surface area contributed by atoms with E-state index in [1.165, 1.54) is 12.8 Å². The Labute approximate surface area is 204 Å². The molecule has 35 heavy (non-hydrogen) atoms. The zero-order valence-corrected chi connectivity index (χ0v) is 20.4. The SMILES string of the molecule is CN(C)[C@H]1CC[C@@H](Nc2ncc3c(-c4ccc5ncc(C(=O)N6CCCC6)n5c4)ccn3n2)CC1.